The third-order valence-corrected chi connectivity index (χ3v) is 4.15. The van der Waals surface area contributed by atoms with Crippen molar-refractivity contribution in [1.82, 2.24) is 0 Å². The lowest BCUT2D eigenvalue weighted by Crippen LogP contribution is -2.51. The molecule has 5 nitrogen and oxygen atoms in total. The van der Waals surface area contributed by atoms with Gasteiger partial charge in [-0.25, -0.2) is 4.79 Å². The van der Waals surface area contributed by atoms with Crippen molar-refractivity contribution in [2.45, 2.75) is 11.6 Å². The zero-order chi connectivity index (χ0) is 15.9. The van der Waals surface area contributed by atoms with E-state index in [9.17, 15) is 9.59 Å². The van der Waals surface area contributed by atoms with Crippen LogP contribution in [0.5, 0.6) is 0 Å². The first-order chi connectivity index (χ1) is 11.2. The van der Waals surface area contributed by atoms with Crippen LogP contribution in [0, 0.1) is 0 Å². The Morgan fingerprint density at radius 2 is 1.74 bits per heavy atom. The number of fused-ring (bicyclic) bond motifs is 1. The third-order valence-electron chi connectivity index (χ3n) is 4.15. The molecular formula is C18H14N2O3. The Morgan fingerprint density at radius 3 is 2.48 bits per heavy atom. The van der Waals surface area contributed by atoms with Gasteiger partial charge in [0.05, 0.1) is 0 Å². The first kappa shape index (κ1) is 13.6. The van der Waals surface area contributed by atoms with E-state index in [1.54, 1.807) is 6.08 Å². The van der Waals surface area contributed by atoms with E-state index in [0.29, 0.717) is 0 Å². The summed E-state index contributed by atoms with van der Waals surface area (Å²) in [6, 6.07) is 16.8. The van der Waals surface area contributed by atoms with Gasteiger partial charge in [-0.3, -0.25) is 4.79 Å². The van der Waals surface area contributed by atoms with Crippen LogP contribution in [0.1, 0.15) is 5.56 Å². The SMILES string of the molecule is O=C1C=CC(C2(Nc3ccccc3)C(=O)Nc3ccccc32)O1. The molecule has 0 aliphatic carbocycles. The second-order valence-electron chi connectivity index (χ2n) is 5.52. The largest absolute Gasteiger partial charge is 0.451 e. The highest BCUT2D eigenvalue weighted by atomic mass is 16.5. The standard InChI is InChI=1S/C18H14N2O3/c21-16-11-10-15(23-16)18(20-12-6-2-1-3-7-12)13-8-4-5-9-14(13)19-17(18)22/h1-11,15,20H,(H,19,22). The number of ether oxygens (including phenoxy) is 1. The van der Waals surface area contributed by atoms with Crippen molar-refractivity contribution in [2.75, 3.05) is 10.6 Å². The maximum Gasteiger partial charge on any atom is 0.331 e. The van der Waals surface area contributed by atoms with Gasteiger partial charge in [0.25, 0.3) is 5.91 Å². The molecule has 0 bridgehead atoms. The van der Waals surface area contributed by atoms with Gasteiger partial charge in [0.15, 0.2) is 11.6 Å². The predicted molar refractivity (Wildman–Crippen MR) is 85.8 cm³/mol. The van der Waals surface area contributed by atoms with Gasteiger partial charge in [-0.1, -0.05) is 36.4 Å². The van der Waals surface area contributed by atoms with Crippen LogP contribution in [0.25, 0.3) is 0 Å². The number of rotatable bonds is 3. The third kappa shape index (κ3) is 2.01. The number of cyclic esters (lactones) is 1. The Bertz CT molecular complexity index is 816. The maximum atomic E-state index is 12.9. The fourth-order valence-corrected chi connectivity index (χ4v) is 3.11. The average molecular weight is 306 g/mol. The fourth-order valence-electron chi connectivity index (χ4n) is 3.11. The Hall–Kier alpha value is -3.08. The monoisotopic (exact) mass is 306 g/mol. The fraction of sp³-hybridized carbons (Fsp3) is 0.111. The van der Waals surface area contributed by atoms with Gasteiger partial charge < -0.3 is 15.4 Å². The lowest BCUT2D eigenvalue weighted by Gasteiger charge is -2.33. The molecule has 2 atom stereocenters. The smallest absolute Gasteiger partial charge is 0.331 e. The van der Waals surface area contributed by atoms with E-state index in [2.05, 4.69) is 10.6 Å². The number of nitrogens with one attached hydrogen (secondary N) is 2. The highest BCUT2D eigenvalue weighted by Crippen LogP contribution is 2.43. The molecule has 2 aromatic rings. The second-order valence-corrected chi connectivity index (χ2v) is 5.52. The molecule has 1 amide bonds. The number of amides is 1. The summed E-state index contributed by atoms with van der Waals surface area (Å²) in [5.74, 6) is -0.687. The summed E-state index contributed by atoms with van der Waals surface area (Å²) >= 11 is 0. The minimum absolute atomic E-state index is 0.244. The van der Waals surface area contributed by atoms with Gasteiger partial charge in [-0.15, -0.1) is 0 Å². The number of hydrogen-bond donors (Lipinski definition) is 2. The van der Waals surface area contributed by atoms with Gasteiger partial charge in [-0.05, 0) is 24.3 Å². The minimum atomic E-state index is -1.18. The molecule has 23 heavy (non-hydrogen) atoms. The first-order valence-electron chi connectivity index (χ1n) is 7.33. The summed E-state index contributed by atoms with van der Waals surface area (Å²) in [7, 11) is 0. The van der Waals surface area contributed by atoms with E-state index in [1.165, 1.54) is 6.08 Å². The molecule has 2 aliphatic heterocycles. The van der Waals surface area contributed by atoms with Crippen molar-refractivity contribution >= 4 is 23.3 Å². The quantitative estimate of drug-likeness (QED) is 0.855. The number of para-hydroxylation sites is 2. The number of carbonyl (C=O) groups excluding carboxylic acids is 2. The number of benzene rings is 2. The Morgan fingerprint density at radius 1 is 1.00 bits per heavy atom. The molecule has 0 aromatic heterocycles. The van der Waals surface area contributed by atoms with Gasteiger partial charge in [0.2, 0.25) is 0 Å². The van der Waals surface area contributed by atoms with E-state index in [4.69, 9.17) is 4.74 Å². The topological polar surface area (TPSA) is 67.4 Å². The van der Waals surface area contributed by atoms with Crippen LogP contribution in [-0.4, -0.2) is 18.0 Å². The molecule has 0 radical (unpaired) electrons. The van der Waals surface area contributed by atoms with E-state index in [1.807, 2.05) is 54.6 Å². The molecule has 0 fully saturated rings. The van der Waals surface area contributed by atoms with E-state index in [0.717, 1.165) is 16.9 Å². The van der Waals surface area contributed by atoms with Crippen LogP contribution in [0.3, 0.4) is 0 Å². The van der Waals surface area contributed by atoms with Crippen molar-refractivity contribution in [3.05, 3.63) is 72.3 Å². The summed E-state index contributed by atoms with van der Waals surface area (Å²) in [6.45, 7) is 0. The summed E-state index contributed by atoms with van der Waals surface area (Å²) in [5, 5.41) is 6.16. The molecule has 2 N–H and O–H groups in total. The molecule has 2 aromatic carbocycles. The van der Waals surface area contributed by atoms with E-state index >= 15 is 0 Å². The van der Waals surface area contributed by atoms with Crippen LogP contribution in [-0.2, 0) is 19.9 Å². The molecule has 2 unspecified atom stereocenters. The Balaban J connectivity index is 1.86. The highest BCUT2D eigenvalue weighted by molar-refractivity contribution is 6.09. The first-order valence-corrected chi connectivity index (χ1v) is 7.33. The van der Waals surface area contributed by atoms with Crippen LogP contribution in [0.15, 0.2) is 66.7 Å². The van der Waals surface area contributed by atoms with Crippen molar-refractivity contribution < 1.29 is 14.3 Å². The molecule has 0 saturated carbocycles. The van der Waals surface area contributed by atoms with Crippen molar-refractivity contribution in [3.8, 4) is 0 Å². The molecule has 5 heteroatoms. The van der Waals surface area contributed by atoms with E-state index < -0.39 is 17.6 Å². The molecule has 4 rings (SSSR count). The molecule has 0 saturated heterocycles. The van der Waals surface area contributed by atoms with E-state index in [-0.39, 0.29) is 5.91 Å². The van der Waals surface area contributed by atoms with Crippen molar-refractivity contribution in [2.24, 2.45) is 0 Å². The minimum Gasteiger partial charge on any atom is -0.451 e. The van der Waals surface area contributed by atoms with Gasteiger partial charge in [-0.2, -0.15) is 0 Å². The van der Waals surface area contributed by atoms with Crippen molar-refractivity contribution in [1.29, 1.82) is 0 Å². The zero-order valence-corrected chi connectivity index (χ0v) is 12.2. The number of esters is 1. The molecule has 2 heterocycles. The Kier molecular flexibility index (Phi) is 2.94. The van der Waals surface area contributed by atoms with Gasteiger partial charge in [0.1, 0.15) is 0 Å². The second kappa shape index (κ2) is 4.98. The predicted octanol–water partition coefficient (Wildman–Crippen LogP) is 2.43. The highest BCUT2D eigenvalue weighted by Gasteiger charge is 2.54. The van der Waals surface area contributed by atoms with Gasteiger partial charge >= 0.3 is 5.97 Å². The lowest BCUT2D eigenvalue weighted by atomic mass is 9.85. The van der Waals surface area contributed by atoms with Crippen LogP contribution < -0.4 is 10.6 Å². The summed E-state index contributed by atoms with van der Waals surface area (Å²) in [5.41, 5.74) is 1.08. The van der Waals surface area contributed by atoms with Crippen LogP contribution in [0.2, 0.25) is 0 Å². The summed E-state index contributed by atoms with van der Waals surface area (Å²) in [4.78, 5) is 24.4. The van der Waals surface area contributed by atoms with Crippen LogP contribution >= 0.6 is 0 Å². The van der Waals surface area contributed by atoms with Gasteiger partial charge in [0, 0.05) is 23.0 Å². The molecular weight excluding hydrogens is 292 g/mol. The summed E-state index contributed by atoms with van der Waals surface area (Å²) in [6.07, 6.45) is 2.27. The number of hydrogen-bond acceptors (Lipinski definition) is 4. The maximum absolute atomic E-state index is 12.9. The lowest BCUT2D eigenvalue weighted by molar-refractivity contribution is -0.142. The number of carbonyl (C=O) groups is 2. The normalized spacial score (nSPS) is 25.0. The summed E-state index contributed by atoms with van der Waals surface area (Å²) < 4.78 is 5.37. The van der Waals surface area contributed by atoms with Crippen LogP contribution in [0.4, 0.5) is 11.4 Å². The zero-order valence-electron chi connectivity index (χ0n) is 12.2. The molecule has 114 valence electrons. The molecule has 2 aliphatic rings. The average Bonchev–Trinajstić information content (AvgIpc) is 3.11. The number of anilines is 2. The molecule has 0 spiro atoms. The Labute approximate surface area is 133 Å². The van der Waals surface area contributed by atoms with Crippen molar-refractivity contribution in [3.63, 3.8) is 0 Å².